The predicted octanol–water partition coefficient (Wildman–Crippen LogP) is 1.73. The first-order valence-corrected chi connectivity index (χ1v) is 12.7. The number of ether oxygens (including phenoxy) is 2. The third-order valence-corrected chi connectivity index (χ3v) is 7.10. The molecule has 0 spiro atoms. The van der Waals surface area contributed by atoms with Crippen LogP contribution in [0.15, 0.2) is 53.4 Å². The fourth-order valence-corrected chi connectivity index (χ4v) is 5.05. The van der Waals surface area contributed by atoms with Gasteiger partial charge in [0, 0.05) is 19.6 Å². The molecule has 0 aromatic heterocycles. The van der Waals surface area contributed by atoms with Crippen LogP contribution >= 0.6 is 0 Å². The van der Waals surface area contributed by atoms with Gasteiger partial charge in [0.1, 0.15) is 11.8 Å². The highest BCUT2D eigenvalue weighted by molar-refractivity contribution is 7.89. The van der Waals surface area contributed by atoms with E-state index in [9.17, 15) is 13.2 Å². The number of benzene rings is 2. The van der Waals surface area contributed by atoms with E-state index in [1.54, 1.807) is 19.1 Å². The number of nitrogens with one attached hydrogen (secondary N) is 2. The Morgan fingerprint density at radius 1 is 1.15 bits per heavy atom. The molecule has 2 aromatic rings. The van der Waals surface area contributed by atoms with E-state index in [1.807, 2.05) is 30.3 Å². The molecule has 1 heterocycles. The van der Waals surface area contributed by atoms with Gasteiger partial charge in [-0.25, -0.2) is 8.42 Å². The van der Waals surface area contributed by atoms with Crippen LogP contribution in [0, 0.1) is 6.92 Å². The van der Waals surface area contributed by atoms with Gasteiger partial charge in [-0.3, -0.25) is 9.69 Å². The quantitative estimate of drug-likeness (QED) is 0.481. The van der Waals surface area contributed by atoms with Gasteiger partial charge in [0.15, 0.2) is 0 Å². The number of morpholine rings is 1. The van der Waals surface area contributed by atoms with Gasteiger partial charge in [-0.15, -0.1) is 0 Å². The number of methoxy groups -OCH3 is 1. The van der Waals surface area contributed by atoms with E-state index >= 15 is 0 Å². The minimum atomic E-state index is -3.91. The van der Waals surface area contributed by atoms with Crippen LogP contribution < -0.4 is 14.8 Å². The molecule has 1 fully saturated rings. The number of rotatable bonds is 11. The second-order valence-electron chi connectivity index (χ2n) is 8.09. The molecule has 0 saturated carbocycles. The maximum absolute atomic E-state index is 13.1. The summed E-state index contributed by atoms with van der Waals surface area (Å²) in [5.41, 5.74) is 1.58. The minimum absolute atomic E-state index is 0.0963. The first-order valence-electron chi connectivity index (χ1n) is 11.2. The van der Waals surface area contributed by atoms with Gasteiger partial charge in [-0.05, 0) is 55.6 Å². The summed E-state index contributed by atoms with van der Waals surface area (Å²) in [5, 5.41) is 2.90. The zero-order valence-corrected chi connectivity index (χ0v) is 20.1. The van der Waals surface area contributed by atoms with E-state index in [1.165, 1.54) is 13.2 Å². The van der Waals surface area contributed by atoms with Gasteiger partial charge in [0.25, 0.3) is 0 Å². The first-order chi connectivity index (χ1) is 15.9. The van der Waals surface area contributed by atoms with Gasteiger partial charge in [0.05, 0.1) is 25.2 Å². The van der Waals surface area contributed by atoms with Crippen molar-refractivity contribution in [1.29, 1.82) is 0 Å². The van der Waals surface area contributed by atoms with Gasteiger partial charge in [-0.1, -0.05) is 30.3 Å². The molecule has 0 bridgehead atoms. The minimum Gasteiger partial charge on any atom is -0.496 e. The van der Waals surface area contributed by atoms with Crippen molar-refractivity contribution in [3.05, 3.63) is 59.7 Å². The predicted molar refractivity (Wildman–Crippen MR) is 127 cm³/mol. The molecule has 2 aromatic carbocycles. The number of nitrogens with zero attached hydrogens (tertiary/aromatic N) is 1. The lowest BCUT2D eigenvalue weighted by Crippen LogP contribution is -2.48. The molecule has 0 radical (unpaired) electrons. The van der Waals surface area contributed by atoms with Crippen molar-refractivity contribution in [2.24, 2.45) is 0 Å². The number of sulfonamides is 1. The zero-order valence-electron chi connectivity index (χ0n) is 19.2. The molecule has 0 unspecified atom stereocenters. The number of aryl methyl sites for hydroxylation is 1. The van der Waals surface area contributed by atoms with E-state index in [0.29, 0.717) is 17.9 Å². The van der Waals surface area contributed by atoms with Crippen LogP contribution in [0.25, 0.3) is 0 Å². The Balaban J connectivity index is 1.66. The van der Waals surface area contributed by atoms with Crippen LogP contribution in [-0.2, 0) is 26.0 Å². The summed E-state index contributed by atoms with van der Waals surface area (Å²) in [4.78, 5) is 15.4. The molecule has 1 atom stereocenters. The largest absolute Gasteiger partial charge is 0.496 e. The van der Waals surface area contributed by atoms with Crippen molar-refractivity contribution in [3.8, 4) is 5.75 Å². The molecule has 2 N–H and O–H groups in total. The maximum Gasteiger partial charge on any atom is 0.241 e. The number of hydrogen-bond acceptors (Lipinski definition) is 6. The summed E-state index contributed by atoms with van der Waals surface area (Å²) >= 11 is 0. The van der Waals surface area contributed by atoms with Crippen LogP contribution in [0.1, 0.15) is 17.5 Å². The SMILES string of the molecule is COc1ccc(S(=O)(=O)N[C@@H](Cc2ccccc2)C(=O)NCCCN2CCOCC2)cc1C. The Labute approximate surface area is 196 Å². The average molecular weight is 476 g/mol. The molecule has 9 heteroatoms. The summed E-state index contributed by atoms with van der Waals surface area (Å²) in [7, 11) is -2.37. The number of amides is 1. The second-order valence-corrected chi connectivity index (χ2v) is 9.81. The molecule has 8 nitrogen and oxygen atoms in total. The second kappa shape index (κ2) is 12.1. The van der Waals surface area contributed by atoms with Crippen LogP contribution in [0.3, 0.4) is 0 Å². The molecular formula is C24H33N3O5S. The summed E-state index contributed by atoms with van der Waals surface area (Å²) in [6.07, 6.45) is 1.04. The van der Waals surface area contributed by atoms with Gasteiger partial charge in [-0.2, -0.15) is 4.72 Å². The first kappa shape index (κ1) is 25.2. The van der Waals surface area contributed by atoms with Gasteiger partial charge >= 0.3 is 0 Å². The molecule has 1 aliphatic heterocycles. The highest BCUT2D eigenvalue weighted by Gasteiger charge is 2.26. The highest BCUT2D eigenvalue weighted by Crippen LogP contribution is 2.21. The monoisotopic (exact) mass is 475 g/mol. The van der Waals surface area contributed by atoms with E-state index in [2.05, 4.69) is 14.9 Å². The third kappa shape index (κ3) is 7.53. The zero-order chi connectivity index (χ0) is 23.7. The Morgan fingerprint density at radius 2 is 1.88 bits per heavy atom. The Hall–Kier alpha value is -2.46. The smallest absolute Gasteiger partial charge is 0.241 e. The third-order valence-electron chi connectivity index (χ3n) is 5.63. The van der Waals surface area contributed by atoms with Crippen LogP contribution in [0.4, 0.5) is 0 Å². The van der Waals surface area contributed by atoms with E-state index in [-0.39, 0.29) is 17.2 Å². The van der Waals surface area contributed by atoms with Crippen molar-refractivity contribution >= 4 is 15.9 Å². The summed E-state index contributed by atoms with van der Waals surface area (Å²) < 4.78 is 39.3. The van der Waals surface area contributed by atoms with Gasteiger partial charge < -0.3 is 14.8 Å². The summed E-state index contributed by atoms with van der Waals surface area (Å²) in [5.74, 6) is 0.266. The van der Waals surface area contributed by atoms with Crippen molar-refractivity contribution in [2.45, 2.75) is 30.7 Å². The average Bonchev–Trinajstić information content (AvgIpc) is 2.82. The molecule has 180 valence electrons. The van der Waals surface area contributed by atoms with E-state index in [0.717, 1.165) is 44.8 Å². The standard InChI is InChI=1S/C24H33N3O5S/c1-19-17-21(9-10-23(19)31-2)33(29,30)26-22(18-20-7-4-3-5-8-20)24(28)25-11-6-12-27-13-15-32-16-14-27/h3-5,7-10,17,22,26H,6,11-16,18H2,1-2H3,(H,25,28)/t22-/m0/s1. The summed E-state index contributed by atoms with van der Waals surface area (Å²) in [6, 6.07) is 13.1. The lowest BCUT2D eigenvalue weighted by Gasteiger charge is -2.26. The molecule has 1 aliphatic rings. The number of carbonyl (C=O) groups excluding carboxylic acids is 1. The maximum atomic E-state index is 13.1. The Bertz CT molecular complexity index is 1010. The molecule has 33 heavy (non-hydrogen) atoms. The highest BCUT2D eigenvalue weighted by atomic mass is 32.2. The van der Waals surface area contributed by atoms with Crippen molar-refractivity contribution in [2.75, 3.05) is 46.5 Å². The molecular weight excluding hydrogens is 442 g/mol. The van der Waals surface area contributed by atoms with Crippen LogP contribution in [0.2, 0.25) is 0 Å². The topological polar surface area (TPSA) is 97.0 Å². The molecule has 1 amide bonds. The fourth-order valence-electron chi connectivity index (χ4n) is 3.77. The van der Waals surface area contributed by atoms with E-state index in [4.69, 9.17) is 9.47 Å². The Kier molecular flexibility index (Phi) is 9.25. The molecule has 0 aliphatic carbocycles. The van der Waals surface area contributed by atoms with Crippen LogP contribution in [-0.4, -0.2) is 71.8 Å². The lowest BCUT2D eigenvalue weighted by molar-refractivity contribution is -0.122. The number of hydrogen-bond donors (Lipinski definition) is 2. The normalized spacial score (nSPS) is 15.7. The van der Waals surface area contributed by atoms with Crippen molar-refractivity contribution in [3.63, 3.8) is 0 Å². The fraction of sp³-hybridized carbons (Fsp3) is 0.458. The molecule has 3 rings (SSSR count). The van der Waals surface area contributed by atoms with Crippen LogP contribution in [0.5, 0.6) is 5.75 Å². The number of carbonyl (C=O) groups is 1. The van der Waals surface area contributed by atoms with Crippen molar-refractivity contribution in [1.82, 2.24) is 14.9 Å². The van der Waals surface area contributed by atoms with Crippen molar-refractivity contribution < 1.29 is 22.7 Å². The molecule has 1 saturated heterocycles. The van der Waals surface area contributed by atoms with E-state index < -0.39 is 16.1 Å². The van der Waals surface area contributed by atoms with Gasteiger partial charge in [0.2, 0.25) is 15.9 Å². The Morgan fingerprint density at radius 3 is 2.55 bits per heavy atom. The summed E-state index contributed by atoms with van der Waals surface area (Å²) in [6.45, 7) is 6.38. The lowest BCUT2D eigenvalue weighted by atomic mass is 10.1.